The molecule has 0 saturated carbocycles. The number of anilines is 3. The van der Waals surface area contributed by atoms with Crippen molar-refractivity contribution < 1.29 is 29.0 Å². The second-order valence-electron chi connectivity index (χ2n) is 12.9. The first-order chi connectivity index (χ1) is 25.2. The molecule has 11 heteroatoms. The van der Waals surface area contributed by atoms with Crippen LogP contribution in [0.1, 0.15) is 86.5 Å². The molecule has 10 nitrogen and oxygen atoms in total. The zero-order valence-electron chi connectivity index (χ0n) is 29.5. The van der Waals surface area contributed by atoms with Crippen LogP contribution in [0.2, 0.25) is 0 Å². The van der Waals surface area contributed by atoms with Gasteiger partial charge in [-0.15, -0.1) is 11.8 Å². The van der Waals surface area contributed by atoms with Gasteiger partial charge in [0.15, 0.2) is 6.29 Å². The van der Waals surface area contributed by atoms with Crippen LogP contribution in [0.4, 0.5) is 17.1 Å². The van der Waals surface area contributed by atoms with Crippen molar-refractivity contribution in [2.45, 2.75) is 88.4 Å². The molecule has 1 aliphatic rings. The van der Waals surface area contributed by atoms with E-state index in [1.54, 1.807) is 23.9 Å². The Morgan fingerprint density at radius 3 is 2.10 bits per heavy atom. The fourth-order valence-corrected chi connectivity index (χ4v) is 6.80. The van der Waals surface area contributed by atoms with Gasteiger partial charge in [-0.25, -0.2) is 0 Å². The van der Waals surface area contributed by atoms with Gasteiger partial charge in [0.05, 0.1) is 30.2 Å². The molecule has 1 aliphatic heterocycles. The molecule has 3 amide bonds. The summed E-state index contributed by atoms with van der Waals surface area (Å²) in [4.78, 5) is 37.2. The molecule has 1 saturated heterocycles. The van der Waals surface area contributed by atoms with Gasteiger partial charge in [0.2, 0.25) is 17.7 Å². The predicted octanol–water partition coefficient (Wildman–Crippen LogP) is 7.65. The highest BCUT2D eigenvalue weighted by atomic mass is 32.2. The van der Waals surface area contributed by atoms with E-state index in [4.69, 9.17) is 15.2 Å². The molecule has 3 atom stereocenters. The molecule has 0 aliphatic carbocycles. The number of aliphatic hydroxyl groups is 1. The molecule has 52 heavy (non-hydrogen) atoms. The van der Waals surface area contributed by atoms with Crippen LogP contribution in [0, 0.1) is 0 Å². The summed E-state index contributed by atoms with van der Waals surface area (Å²) in [5, 5.41) is 18.2. The minimum Gasteiger partial charge on any atom is -0.397 e. The van der Waals surface area contributed by atoms with Gasteiger partial charge in [-0.05, 0) is 65.9 Å². The summed E-state index contributed by atoms with van der Waals surface area (Å²) in [6.07, 6.45) is 3.95. The fraction of sp³-hybridized carbons (Fsp3) is 0.341. The van der Waals surface area contributed by atoms with Gasteiger partial charge in [0.25, 0.3) is 0 Å². The lowest BCUT2D eigenvalue weighted by molar-refractivity contribution is -0.245. The number of carbonyl (C=O) groups excluding carboxylic acids is 3. The zero-order chi connectivity index (χ0) is 36.7. The minimum absolute atomic E-state index is 0.000440. The van der Waals surface area contributed by atoms with Crippen LogP contribution in [-0.2, 0) is 37.0 Å². The number of unbranched alkanes of at least 4 members (excludes halogenated alkanes) is 3. The number of rotatable bonds is 17. The lowest BCUT2D eigenvalue weighted by Gasteiger charge is -2.36. The van der Waals surface area contributed by atoms with E-state index >= 15 is 0 Å². The normalized spacial score (nSPS) is 16.9. The maximum atomic E-state index is 12.5. The van der Waals surface area contributed by atoms with E-state index in [2.05, 4.69) is 16.0 Å². The third kappa shape index (κ3) is 12.2. The van der Waals surface area contributed by atoms with Crippen LogP contribution in [0.15, 0.2) is 102 Å². The first-order valence-corrected chi connectivity index (χ1v) is 18.7. The van der Waals surface area contributed by atoms with E-state index in [0.29, 0.717) is 42.9 Å². The average Bonchev–Trinajstić information content (AvgIpc) is 3.16. The number of carbonyl (C=O) groups is 3. The van der Waals surface area contributed by atoms with Crippen molar-refractivity contribution in [3.63, 3.8) is 0 Å². The highest BCUT2D eigenvalue weighted by molar-refractivity contribution is 7.99. The molecular weight excluding hydrogens is 677 g/mol. The molecule has 1 heterocycles. The number of hydrogen-bond donors (Lipinski definition) is 5. The Morgan fingerprint density at radius 2 is 1.42 bits per heavy atom. The van der Waals surface area contributed by atoms with Crippen LogP contribution in [0.5, 0.6) is 0 Å². The van der Waals surface area contributed by atoms with E-state index in [0.717, 1.165) is 58.5 Å². The maximum Gasteiger partial charge on any atom is 0.224 e. The van der Waals surface area contributed by atoms with Crippen molar-refractivity contribution in [3.05, 3.63) is 119 Å². The standard InChI is InChI=1S/C41H48N4O6S/c1-28(47)44-33-20-22-35(23-21-33)52-27-34-24-38(31-16-14-30(26-46)15-17-31)51-41(50-34)32-18-12-29(13-19-32)25-43-39(48)10-4-2-3-5-11-40(49)45-37-9-7-6-8-36(37)42/h6-9,12-23,34,38,41,46H,2-5,10-11,24-27,42H2,1H3,(H,43,48)(H,44,47)(H,45,49). The molecule has 3 unspecified atom stereocenters. The summed E-state index contributed by atoms with van der Waals surface area (Å²) < 4.78 is 13.0. The number of hydrogen-bond acceptors (Lipinski definition) is 8. The van der Waals surface area contributed by atoms with E-state index in [1.807, 2.05) is 84.9 Å². The molecule has 4 aromatic carbocycles. The summed E-state index contributed by atoms with van der Waals surface area (Å²) in [6.45, 7) is 1.90. The van der Waals surface area contributed by atoms with E-state index in [1.165, 1.54) is 6.92 Å². The van der Waals surface area contributed by atoms with Crippen LogP contribution in [-0.4, -0.2) is 34.7 Å². The number of para-hydroxylation sites is 2. The quantitative estimate of drug-likeness (QED) is 0.0423. The van der Waals surface area contributed by atoms with Crippen molar-refractivity contribution >= 4 is 46.5 Å². The van der Waals surface area contributed by atoms with Gasteiger partial charge in [-0.1, -0.05) is 73.5 Å². The van der Waals surface area contributed by atoms with Crippen molar-refractivity contribution in [1.82, 2.24) is 5.32 Å². The van der Waals surface area contributed by atoms with E-state index in [-0.39, 0.29) is 36.5 Å². The number of amides is 3. The van der Waals surface area contributed by atoms with Crippen molar-refractivity contribution in [1.29, 1.82) is 0 Å². The highest BCUT2D eigenvalue weighted by Crippen LogP contribution is 2.39. The summed E-state index contributed by atoms with van der Waals surface area (Å²) in [6, 6.07) is 30.7. The average molecular weight is 725 g/mol. The van der Waals surface area contributed by atoms with Gasteiger partial charge < -0.3 is 36.3 Å². The number of ether oxygens (including phenoxy) is 2. The van der Waals surface area contributed by atoms with E-state index < -0.39 is 6.29 Å². The SMILES string of the molecule is CC(=O)Nc1ccc(SCC2CC(c3ccc(CO)cc3)OC(c3ccc(CNC(=O)CCCCCCC(=O)Nc4ccccc4N)cc3)O2)cc1. The Labute approximate surface area is 309 Å². The first-order valence-electron chi connectivity index (χ1n) is 17.8. The monoisotopic (exact) mass is 724 g/mol. The highest BCUT2D eigenvalue weighted by Gasteiger charge is 2.32. The molecule has 6 N–H and O–H groups in total. The zero-order valence-corrected chi connectivity index (χ0v) is 30.3. The number of thioether (sulfide) groups is 1. The van der Waals surface area contributed by atoms with Crippen LogP contribution in [0.25, 0.3) is 0 Å². The molecule has 0 bridgehead atoms. The fourth-order valence-electron chi connectivity index (χ4n) is 5.88. The van der Waals surface area contributed by atoms with Crippen molar-refractivity contribution in [2.24, 2.45) is 0 Å². The molecule has 0 radical (unpaired) electrons. The van der Waals surface area contributed by atoms with Crippen LogP contribution < -0.4 is 21.7 Å². The smallest absolute Gasteiger partial charge is 0.224 e. The first kappa shape index (κ1) is 38.5. The number of nitrogen functional groups attached to an aromatic ring is 1. The summed E-state index contributed by atoms with van der Waals surface area (Å²) in [5.41, 5.74) is 11.6. The van der Waals surface area contributed by atoms with E-state index in [9.17, 15) is 19.5 Å². The topological polar surface area (TPSA) is 152 Å². The Kier molecular flexibility index (Phi) is 14.7. The molecule has 1 fully saturated rings. The number of nitrogens with two attached hydrogens (primary N) is 1. The minimum atomic E-state index is -0.574. The Balaban J connectivity index is 1.07. The van der Waals surface area contributed by atoms with Gasteiger partial charge in [0, 0.05) is 54.6 Å². The molecule has 5 rings (SSSR count). The lowest BCUT2D eigenvalue weighted by atomic mass is 10.0. The molecular formula is C41H48N4O6S. The van der Waals surface area contributed by atoms with Crippen molar-refractivity contribution in [2.75, 3.05) is 22.1 Å². The van der Waals surface area contributed by atoms with Crippen molar-refractivity contribution in [3.8, 4) is 0 Å². The maximum absolute atomic E-state index is 12.5. The summed E-state index contributed by atoms with van der Waals surface area (Å²) >= 11 is 1.69. The summed E-state index contributed by atoms with van der Waals surface area (Å²) in [5.74, 6) is 0.555. The molecule has 0 spiro atoms. The van der Waals surface area contributed by atoms with Gasteiger partial charge in [-0.2, -0.15) is 0 Å². The predicted molar refractivity (Wildman–Crippen MR) is 205 cm³/mol. The van der Waals surface area contributed by atoms with Crippen LogP contribution in [0.3, 0.4) is 0 Å². The molecule has 0 aromatic heterocycles. The second-order valence-corrected chi connectivity index (χ2v) is 14.0. The third-order valence-corrected chi connectivity index (χ3v) is 9.90. The molecule has 4 aromatic rings. The Bertz CT molecular complexity index is 1750. The largest absolute Gasteiger partial charge is 0.397 e. The van der Waals surface area contributed by atoms with Gasteiger partial charge in [-0.3, -0.25) is 14.4 Å². The number of benzene rings is 4. The Morgan fingerprint density at radius 1 is 0.769 bits per heavy atom. The second kappa shape index (κ2) is 19.8. The third-order valence-electron chi connectivity index (χ3n) is 8.76. The molecule has 274 valence electrons. The van der Waals surface area contributed by atoms with Crippen LogP contribution >= 0.6 is 11.8 Å². The number of nitrogens with one attached hydrogen (secondary N) is 3. The lowest BCUT2D eigenvalue weighted by Crippen LogP contribution is -2.31. The Hall–Kier alpha value is -4.68. The van der Waals surface area contributed by atoms with Gasteiger partial charge >= 0.3 is 0 Å². The number of aliphatic hydroxyl groups excluding tert-OH is 1. The van der Waals surface area contributed by atoms with Gasteiger partial charge in [0.1, 0.15) is 0 Å². The summed E-state index contributed by atoms with van der Waals surface area (Å²) in [7, 11) is 0.